The van der Waals surface area contributed by atoms with Crippen molar-refractivity contribution in [2.75, 3.05) is 13.1 Å². The Kier molecular flexibility index (Phi) is 3.04. The normalized spacial score (nSPS) is 16.3. The summed E-state index contributed by atoms with van der Waals surface area (Å²) in [6, 6.07) is 2.52. The molecule has 6 heteroatoms. The van der Waals surface area contributed by atoms with E-state index < -0.39 is 17.8 Å². The number of aromatic nitrogens is 1. The first-order chi connectivity index (χ1) is 8.00. The Bertz CT molecular complexity index is 425. The lowest BCUT2D eigenvalue weighted by Gasteiger charge is -2.17. The summed E-state index contributed by atoms with van der Waals surface area (Å²) in [7, 11) is 0. The van der Waals surface area contributed by atoms with Gasteiger partial charge in [-0.25, -0.2) is 0 Å². The van der Waals surface area contributed by atoms with Crippen LogP contribution in [-0.4, -0.2) is 28.9 Å². The van der Waals surface area contributed by atoms with E-state index in [9.17, 15) is 18.0 Å². The topological polar surface area (TPSA) is 33.2 Å². The Labute approximate surface area is 96.3 Å². The first kappa shape index (κ1) is 11.9. The Morgan fingerprint density at radius 1 is 1.29 bits per heavy atom. The maximum atomic E-state index is 12.7. The number of carbonyl (C=O) groups is 1. The molecule has 2 heterocycles. The maximum absolute atomic E-state index is 12.7. The zero-order chi connectivity index (χ0) is 12.5. The van der Waals surface area contributed by atoms with Gasteiger partial charge in [0.05, 0.1) is 5.56 Å². The van der Waals surface area contributed by atoms with E-state index in [-0.39, 0.29) is 5.56 Å². The van der Waals surface area contributed by atoms with Crippen LogP contribution in [0, 0.1) is 0 Å². The van der Waals surface area contributed by atoms with E-state index in [2.05, 4.69) is 4.98 Å². The molecule has 3 nitrogen and oxygen atoms in total. The van der Waals surface area contributed by atoms with E-state index >= 15 is 0 Å². The molecular weight excluding hydrogens is 233 g/mol. The monoisotopic (exact) mass is 244 g/mol. The van der Waals surface area contributed by atoms with Gasteiger partial charge in [-0.1, -0.05) is 0 Å². The molecule has 0 bridgehead atoms. The summed E-state index contributed by atoms with van der Waals surface area (Å²) < 4.78 is 38.0. The number of rotatable bonds is 1. The lowest BCUT2D eigenvalue weighted by Crippen LogP contribution is -2.30. The molecule has 1 amide bonds. The van der Waals surface area contributed by atoms with E-state index in [1.165, 1.54) is 17.0 Å². The third-order valence-electron chi connectivity index (χ3n) is 2.70. The van der Waals surface area contributed by atoms with Crippen LogP contribution in [0.3, 0.4) is 0 Å². The van der Waals surface area contributed by atoms with Crippen molar-refractivity contribution >= 4 is 5.91 Å². The minimum absolute atomic E-state index is 0.359. The Morgan fingerprint density at radius 3 is 2.53 bits per heavy atom. The van der Waals surface area contributed by atoms with Gasteiger partial charge in [0, 0.05) is 19.3 Å². The minimum Gasteiger partial charge on any atom is -0.339 e. The second kappa shape index (κ2) is 4.35. The highest BCUT2D eigenvalue weighted by atomic mass is 19.4. The van der Waals surface area contributed by atoms with Crippen LogP contribution in [0.2, 0.25) is 0 Å². The average Bonchev–Trinajstić information content (AvgIpc) is 2.80. The van der Waals surface area contributed by atoms with Crippen molar-refractivity contribution in [2.45, 2.75) is 19.0 Å². The summed E-state index contributed by atoms with van der Waals surface area (Å²) in [5.41, 5.74) is -1.46. The van der Waals surface area contributed by atoms with Crippen LogP contribution < -0.4 is 0 Å². The summed E-state index contributed by atoms with van der Waals surface area (Å²) in [6.07, 6.45) is -1.86. The van der Waals surface area contributed by atoms with Crippen LogP contribution >= 0.6 is 0 Å². The van der Waals surface area contributed by atoms with E-state index in [1.54, 1.807) is 0 Å². The third kappa shape index (κ3) is 2.40. The lowest BCUT2D eigenvalue weighted by molar-refractivity contribution is -0.141. The SMILES string of the molecule is O=C(c1cccnc1C(F)(F)F)N1CCCC1. The molecule has 1 aliphatic heterocycles. The second-order valence-electron chi connectivity index (χ2n) is 3.90. The number of halogens is 3. The fourth-order valence-corrected chi connectivity index (χ4v) is 1.89. The molecule has 0 aromatic carbocycles. The number of hydrogen-bond acceptors (Lipinski definition) is 2. The van der Waals surface area contributed by atoms with E-state index in [1.807, 2.05) is 0 Å². The van der Waals surface area contributed by atoms with Gasteiger partial charge in [0.15, 0.2) is 5.69 Å². The van der Waals surface area contributed by atoms with Crippen LogP contribution in [0.25, 0.3) is 0 Å². The van der Waals surface area contributed by atoms with Gasteiger partial charge in [-0.3, -0.25) is 9.78 Å². The molecule has 0 saturated carbocycles. The lowest BCUT2D eigenvalue weighted by atomic mass is 10.1. The zero-order valence-electron chi connectivity index (χ0n) is 9.00. The Balaban J connectivity index is 2.34. The van der Waals surface area contributed by atoms with Crippen molar-refractivity contribution in [2.24, 2.45) is 0 Å². The smallest absolute Gasteiger partial charge is 0.339 e. The number of likely N-dealkylation sites (tertiary alicyclic amines) is 1. The van der Waals surface area contributed by atoms with E-state index in [0.29, 0.717) is 13.1 Å². The first-order valence-electron chi connectivity index (χ1n) is 5.31. The molecule has 1 aliphatic rings. The summed E-state index contributed by atoms with van der Waals surface area (Å²) >= 11 is 0. The van der Waals surface area contributed by atoms with Gasteiger partial charge in [-0.2, -0.15) is 13.2 Å². The highest BCUT2D eigenvalue weighted by Crippen LogP contribution is 2.30. The number of carbonyl (C=O) groups excluding carboxylic acids is 1. The van der Waals surface area contributed by atoms with Gasteiger partial charge in [0.1, 0.15) is 0 Å². The number of hydrogen-bond donors (Lipinski definition) is 0. The molecule has 92 valence electrons. The van der Waals surface area contributed by atoms with Crippen LogP contribution in [0.5, 0.6) is 0 Å². The van der Waals surface area contributed by atoms with Crippen LogP contribution in [0.1, 0.15) is 28.9 Å². The molecule has 0 radical (unpaired) electrons. The van der Waals surface area contributed by atoms with Crippen LogP contribution in [-0.2, 0) is 6.18 Å². The first-order valence-corrected chi connectivity index (χ1v) is 5.31. The van der Waals surface area contributed by atoms with Gasteiger partial charge in [0.2, 0.25) is 0 Å². The van der Waals surface area contributed by atoms with Gasteiger partial charge >= 0.3 is 6.18 Å². The summed E-state index contributed by atoms with van der Waals surface area (Å²) in [4.78, 5) is 16.6. The maximum Gasteiger partial charge on any atom is 0.434 e. The molecule has 0 unspecified atom stereocenters. The predicted octanol–water partition coefficient (Wildman–Crippen LogP) is 2.34. The molecule has 0 atom stereocenters. The van der Waals surface area contributed by atoms with Gasteiger partial charge in [-0.15, -0.1) is 0 Å². The van der Waals surface area contributed by atoms with Crippen molar-refractivity contribution in [3.8, 4) is 0 Å². The van der Waals surface area contributed by atoms with Crippen molar-refractivity contribution in [1.82, 2.24) is 9.88 Å². The molecule has 0 aliphatic carbocycles. The zero-order valence-corrected chi connectivity index (χ0v) is 9.00. The average molecular weight is 244 g/mol. The van der Waals surface area contributed by atoms with Crippen molar-refractivity contribution in [1.29, 1.82) is 0 Å². The molecule has 1 saturated heterocycles. The van der Waals surface area contributed by atoms with Gasteiger partial charge in [-0.05, 0) is 25.0 Å². The van der Waals surface area contributed by atoms with Crippen LogP contribution in [0.4, 0.5) is 13.2 Å². The molecular formula is C11H11F3N2O. The summed E-state index contributed by atoms with van der Waals surface area (Å²) in [6.45, 7) is 1.04. The molecule has 2 rings (SSSR count). The standard InChI is InChI=1S/C11H11F3N2O/c12-11(13,14)9-8(4-3-5-15-9)10(17)16-6-1-2-7-16/h3-5H,1-2,6-7H2. The fourth-order valence-electron chi connectivity index (χ4n) is 1.89. The van der Waals surface area contributed by atoms with E-state index in [0.717, 1.165) is 19.0 Å². The largest absolute Gasteiger partial charge is 0.434 e. The quantitative estimate of drug-likeness (QED) is 0.759. The number of pyridine rings is 1. The summed E-state index contributed by atoms with van der Waals surface area (Å²) in [5, 5.41) is 0. The number of alkyl halides is 3. The molecule has 1 fully saturated rings. The van der Waals surface area contributed by atoms with E-state index in [4.69, 9.17) is 0 Å². The number of amides is 1. The highest BCUT2D eigenvalue weighted by Gasteiger charge is 2.38. The molecule has 1 aromatic rings. The third-order valence-corrected chi connectivity index (χ3v) is 2.70. The molecule has 17 heavy (non-hydrogen) atoms. The number of nitrogens with zero attached hydrogens (tertiary/aromatic N) is 2. The highest BCUT2D eigenvalue weighted by molar-refractivity contribution is 5.95. The predicted molar refractivity (Wildman–Crippen MR) is 54.4 cm³/mol. The van der Waals surface area contributed by atoms with Crippen molar-refractivity contribution in [3.63, 3.8) is 0 Å². The summed E-state index contributed by atoms with van der Waals surface area (Å²) in [5.74, 6) is -0.581. The van der Waals surface area contributed by atoms with Crippen molar-refractivity contribution < 1.29 is 18.0 Å². The molecule has 1 aromatic heterocycles. The van der Waals surface area contributed by atoms with Gasteiger partial charge in [0.25, 0.3) is 5.91 Å². The fraction of sp³-hybridized carbons (Fsp3) is 0.455. The van der Waals surface area contributed by atoms with Crippen LogP contribution in [0.15, 0.2) is 18.3 Å². The van der Waals surface area contributed by atoms with Gasteiger partial charge < -0.3 is 4.90 Å². The second-order valence-corrected chi connectivity index (χ2v) is 3.90. The molecule has 0 spiro atoms. The molecule has 0 N–H and O–H groups in total. The Hall–Kier alpha value is -1.59. The minimum atomic E-state index is -4.59. The Morgan fingerprint density at radius 2 is 1.94 bits per heavy atom. The van der Waals surface area contributed by atoms with Crippen molar-refractivity contribution in [3.05, 3.63) is 29.6 Å².